The van der Waals surface area contributed by atoms with E-state index in [0.29, 0.717) is 18.5 Å². The van der Waals surface area contributed by atoms with Crippen molar-refractivity contribution in [3.8, 4) is 0 Å². The molecular formula is C28H45N3O6. The van der Waals surface area contributed by atoms with Crippen LogP contribution in [0.25, 0.3) is 0 Å². The van der Waals surface area contributed by atoms with Crippen molar-refractivity contribution in [3.05, 3.63) is 34.9 Å². The van der Waals surface area contributed by atoms with Gasteiger partial charge in [-0.1, -0.05) is 44.5 Å². The molecule has 2 N–H and O–H groups in total. The number of nitrogens with zero attached hydrogens (tertiary/aromatic N) is 1. The molecule has 1 rings (SSSR count). The fourth-order valence-corrected chi connectivity index (χ4v) is 3.93. The Morgan fingerprint density at radius 2 is 1.70 bits per heavy atom. The van der Waals surface area contributed by atoms with E-state index < -0.39 is 35.7 Å². The third-order valence-electron chi connectivity index (χ3n) is 5.57. The first-order chi connectivity index (χ1) is 17.2. The molecule has 0 saturated heterocycles. The second kappa shape index (κ2) is 14.6. The molecule has 208 valence electrons. The van der Waals surface area contributed by atoms with Crippen molar-refractivity contribution in [2.45, 2.75) is 92.8 Å². The maximum Gasteiger partial charge on any atom is 0.408 e. The first kappa shape index (κ1) is 31.9. The number of aryl methyl sites for hydroxylation is 2. The number of esters is 1. The summed E-state index contributed by atoms with van der Waals surface area (Å²) in [5.41, 5.74) is 1.85. The average Bonchev–Trinajstić information content (AvgIpc) is 2.76. The number of benzene rings is 1. The van der Waals surface area contributed by atoms with Crippen molar-refractivity contribution in [2.24, 2.45) is 5.92 Å². The summed E-state index contributed by atoms with van der Waals surface area (Å²) < 4.78 is 10.3. The van der Waals surface area contributed by atoms with Crippen LogP contribution in [0.5, 0.6) is 0 Å². The van der Waals surface area contributed by atoms with E-state index in [1.54, 1.807) is 27.7 Å². The highest BCUT2D eigenvalue weighted by Crippen LogP contribution is 2.27. The smallest absolute Gasteiger partial charge is 0.408 e. The Kier molecular flexibility index (Phi) is 12.6. The average molecular weight is 520 g/mol. The van der Waals surface area contributed by atoms with Crippen LogP contribution in [0, 0.1) is 19.8 Å². The molecule has 37 heavy (non-hydrogen) atoms. The van der Waals surface area contributed by atoms with Gasteiger partial charge in [0.15, 0.2) is 0 Å². The molecule has 0 saturated carbocycles. The van der Waals surface area contributed by atoms with Crippen LogP contribution in [0.4, 0.5) is 4.79 Å². The fraction of sp³-hybridized carbons (Fsp3) is 0.643. The van der Waals surface area contributed by atoms with E-state index in [9.17, 15) is 19.2 Å². The summed E-state index contributed by atoms with van der Waals surface area (Å²) in [5, 5.41) is 5.51. The summed E-state index contributed by atoms with van der Waals surface area (Å²) in [6.07, 6.45) is -0.0751. The topological polar surface area (TPSA) is 114 Å². The highest BCUT2D eigenvalue weighted by molar-refractivity contribution is 5.92. The number of rotatable bonds is 12. The van der Waals surface area contributed by atoms with Crippen molar-refractivity contribution in [3.63, 3.8) is 0 Å². The minimum Gasteiger partial charge on any atom is -0.466 e. The van der Waals surface area contributed by atoms with E-state index in [4.69, 9.17) is 9.47 Å². The van der Waals surface area contributed by atoms with Gasteiger partial charge in [0, 0.05) is 13.1 Å². The number of alkyl carbamates (subject to hydrolysis) is 1. The molecule has 0 fully saturated rings. The lowest BCUT2D eigenvalue weighted by Gasteiger charge is -2.36. The molecule has 1 aromatic rings. The summed E-state index contributed by atoms with van der Waals surface area (Å²) in [4.78, 5) is 53.4. The van der Waals surface area contributed by atoms with Crippen LogP contribution in [-0.4, -0.2) is 60.1 Å². The normalized spacial score (nSPS) is 12.9. The molecule has 3 amide bonds. The predicted octanol–water partition coefficient (Wildman–Crippen LogP) is 4.20. The molecule has 0 aliphatic rings. The van der Waals surface area contributed by atoms with Crippen molar-refractivity contribution in [2.75, 3.05) is 19.7 Å². The molecule has 0 heterocycles. The van der Waals surface area contributed by atoms with Crippen LogP contribution in [0.3, 0.4) is 0 Å². The van der Waals surface area contributed by atoms with Crippen LogP contribution >= 0.6 is 0 Å². The lowest BCUT2D eigenvalue weighted by Crippen LogP contribution is -2.55. The molecule has 9 heteroatoms. The Labute approximate surface area is 221 Å². The van der Waals surface area contributed by atoms with Gasteiger partial charge in [-0.25, -0.2) is 4.79 Å². The highest BCUT2D eigenvalue weighted by Gasteiger charge is 2.37. The highest BCUT2D eigenvalue weighted by atomic mass is 16.6. The molecule has 0 aliphatic carbocycles. The van der Waals surface area contributed by atoms with E-state index in [2.05, 4.69) is 10.6 Å². The number of ether oxygens (including phenoxy) is 2. The monoisotopic (exact) mass is 519 g/mol. The lowest BCUT2D eigenvalue weighted by atomic mass is 9.95. The van der Waals surface area contributed by atoms with Crippen LogP contribution in [0.15, 0.2) is 18.2 Å². The Morgan fingerprint density at radius 3 is 2.22 bits per heavy atom. The van der Waals surface area contributed by atoms with E-state index in [1.807, 2.05) is 52.8 Å². The van der Waals surface area contributed by atoms with Gasteiger partial charge in [0.05, 0.1) is 13.0 Å². The standard InChI is InChI=1S/C28H45N3O6/c1-10-16-31(26(34)23(18(3)4)30-27(35)37-28(7,8)9)24(21-13-12-19(5)17-20(21)6)25(33)29-15-14-22(32)36-11-2/h12-13,17-18,23-24H,10-11,14-16H2,1-9H3,(H,29,33)(H,30,35). The largest absolute Gasteiger partial charge is 0.466 e. The number of hydrogen-bond acceptors (Lipinski definition) is 6. The van der Waals surface area contributed by atoms with Gasteiger partial charge in [-0.15, -0.1) is 0 Å². The van der Waals surface area contributed by atoms with E-state index in [0.717, 1.165) is 11.1 Å². The van der Waals surface area contributed by atoms with Crippen molar-refractivity contribution in [1.29, 1.82) is 0 Å². The Bertz CT molecular complexity index is 938. The first-order valence-corrected chi connectivity index (χ1v) is 13.0. The molecule has 0 aliphatic heterocycles. The van der Waals surface area contributed by atoms with Gasteiger partial charge >= 0.3 is 12.1 Å². The summed E-state index contributed by atoms with van der Waals surface area (Å²) in [7, 11) is 0. The molecule has 0 bridgehead atoms. The van der Waals surface area contributed by atoms with Gasteiger partial charge in [-0.3, -0.25) is 14.4 Å². The molecule has 9 nitrogen and oxygen atoms in total. The molecule has 2 atom stereocenters. The third kappa shape index (κ3) is 10.4. The second-order valence-electron chi connectivity index (χ2n) is 10.5. The fourth-order valence-electron chi connectivity index (χ4n) is 3.93. The predicted molar refractivity (Wildman–Crippen MR) is 143 cm³/mol. The maximum atomic E-state index is 13.9. The van der Waals surface area contributed by atoms with Gasteiger partial charge < -0.3 is 25.0 Å². The van der Waals surface area contributed by atoms with Gasteiger partial charge in [0.2, 0.25) is 11.8 Å². The summed E-state index contributed by atoms with van der Waals surface area (Å²) in [6.45, 7) is 17.0. The van der Waals surface area contributed by atoms with Crippen molar-refractivity contribution < 1.29 is 28.7 Å². The molecule has 0 aromatic heterocycles. The lowest BCUT2D eigenvalue weighted by molar-refractivity contribution is -0.144. The Balaban J connectivity index is 3.39. The summed E-state index contributed by atoms with van der Waals surface area (Å²) in [6, 6.07) is 3.86. The number of amides is 3. The molecule has 1 aromatic carbocycles. The van der Waals surface area contributed by atoms with Gasteiger partial charge in [0.1, 0.15) is 17.7 Å². The zero-order valence-corrected chi connectivity index (χ0v) is 23.9. The second-order valence-corrected chi connectivity index (χ2v) is 10.5. The Morgan fingerprint density at radius 1 is 1.05 bits per heavy atom. The Hall–Kier alpha value is -3.10. The SMILES string of the molecule is CCCN(C(=O)C(NC(=O)OC(C)(C)C)C(C)C)C(C(=O)NCCC(=O)OCC)c1ccc(C)cc1C. The van der Waals surface area contributed by atoms with E-state index in [1.165, 1.54) is 4.90 Å². The van der Waals surface area contributed by atoms with Crippen LogP contribution in [0.1, 0.15) is 84.0 Å². The van der Waals surface area contributed by atoms with Crippen LogP contribution < -0.4 is 10.6 Å². The van der Waals surface area contributed by atoms with Crippen molar-refractivity contribution >= 4 is 23.9 Å². The molecule has 0 spiro atoms. The summed E-state index contributed by atoms with van der Waals surface area (Å²) in [5.74, 6) is -1.45. The first-order valence-electron chi connectivity index (χ1n) is 13.0. The van der Waals surface area contributed by atoms with Crippen LogP contribution in [-0.2, 0) is 23.9 Å². The molecule has 2 unspecified atom stereocenters. The molecule has 0 radical (unpaired) electrons. The minimum absolute atomic E-state index is 0.0235. The van der Waals surface area contributed by atoms with E-state index in [-0.39, 0.29) is 31.4 Å². The van der Waals surface area contributed by atoms with E-state index >= 15 is 0 Å². The van der Waals surface area contributed by atoms with Crippen LogP contribution in [0.2, 0.25) is 0 Å². The quantitative estimate of drug-likeness (QED) is 0.400. The van der Waals surface area contributed by atoms with Gasteiger partial charge in [0.25, 0.3) is 0 Å². The minimum atomic E-state index is -0.947. The number of carbonyl (C=O) groups excluding carboxylic acids is 4. The van der Waals surface area contributed by atoms with Gasteiger partial charge in [-0.05, 0) is 65.0 Å². The zero-order valence-electron chi connectivity index (χ0n) is 23.9. The number of carbonyl (C=O) groups is 4. The number of hydrogen-bond donors (Lipinski definition) is 2. The van der Waals surface area contributed by atoms with Gasteiger partial charge in [-0.2, -0.15) is 0 Å². The third-order valence-corrected chi connectivity index (χ3v) is 5.57. The summed E-state index contributed by atoms with van der Waals surface area (Å²) >= 11 is 0. The molecular weight excluding hydrogens is 474 g/mol. The van der Waals surface area contributed by atoms with Crippen molar-refractivity contribution in [1.82, 2.24) is 15.5 Å². The maximum absolute atomic E-state index is 13.9. The number of nitrogens with one attached hydrogen (secondary N) is 2. The zero-order chi connectivity index (χ0) is 28.3.